The number of benzene rings is 2. The van der Waals surface area contributed by atoms with Crippen molar-refractivity contribution in [2.45, 2.75) is 124 Å². The van der Waals surface area contributed by atoms with Gasteiger partial charge in [-0.15, -0.1) is 0 Å². The molecule has 1 aromatic heterocycles. The zero-order valence-electron chi connectivity index (χ0n) is 45.7. The lowest BCUT2D eigenvalue weighted by molar-refractivity contribution is -0.165. The van der Waals surface area contributed by atoms with Crippen LogP contribution in [0.1, 0.15) is 96.4 Å². The number of likely N-dealkylation sites (tertiary alicyclic amines) is 1. The number of aliphatic hydroxyl groups is 2. The quantitative estimate of drug-likeness (QED) is 0.121. The third kappa shape index (κ3) is 11.0. The van der Waals surface area contributed by atoms with Crippen molar-refractivity contribution in [3.63, 3.8) is 0 Å². The molecule has 6 aliphatic heterocycles. The minimum absolute atomic E-state index is 0.00672. The number of methoxy groups -OCH3 is 1. The number of imidazole rings is 1. The van der Waals surface area contributed by atoms with E-state index in [0.29, 0.717) is 64.6 Å². The molecule has 5 bridgehead atoms. The van der Waals surface area contributed by atoms with Gasteiger partial charge in [0.2, 0.25) is 5.91 Å². The smallest absolute Gasteiger partial charge is 0.315 e. The number of ether oxygens (including phenoxy) is 4. The summed E-state index contributed by atoms with van der Waals surface area (Å²) >= 11 is 0. The molecule has 6 aliphatic rings. The van der Waals surface area contributed by atoms with E-state index in [9.17, 15) is 39.6 Å². The number of anilines is 1. The molecule has 76 heavy (non-hydrogen) atoms. The summed E-state index contributed by atoms with van der Waals surface area (Å²) in [4.78, 5) is 77.5. The Labute approximate surface area is 443 Å². The van der Waals surface area contributed by atoms with E-state index in [1.54, 1.807) is 70.9 Å². The van der Waals surface area contributed by atoms with Gasteiger partial charge < -0.3 is 59.1 Å². The van der Waals surface area contributed by atoms with E-state index in [-0.39, 0.29) is 49.6 Å². The van der Waals surface area contributed by atoms with E-state index in [1.165, 1.54) is 26.4 Å². The average molecular weight is 1050 g/mol. The Morgan fingerprint density at radius 1 is 0.895 bits per heavy atom. The van der Waals surface area contributed by atoms with Crippen molar-refractivity contribution in [1.82, 2.24) is 24.3 Å². The molecule has 7 heterocycles. The first-order valence-electron chi connectivity index (χ1n) is 26.5. The van der Waals surface area contributed by atoms with E-state index in [1.807, 2.05) is 17.8 Å². The van der Waals surface area contributed by atoms with Crippen LogP contribution in [0.25, 0.3) is 10.8 Å². The number of piperidine rings is 1. The zero-order valence-corrected chi connectivity index (χ0v) is 45.7. The number of carbonyl (C=O) groups is 4. The lowest BCUT2D eigenvalue weighted by Gasteiger charge is -2.38. The number of phenolic OH excluding ortho intramolecular Hbond substituents is 2. The number of Topliss-reactive ketones (excluding diaryl/α,β-unsaturated/α-hetero) is 1. The SMILES string of the molecule is CO[C@H]1/C=C/O[C@@]2(C)Oc3c(C)c(O)c4c(O)c(c5c(c4c3C2=O)=NC2(CCN(CC(C)C)CC2)N=5)NC(=O)/C(C)=C\C=C\[C@H](C)[C@H](O)[C@@H](C)[C@@H](O)[C@@H](C)[C@H](OC(=O)CC(=O)N2CCN(Cc3nccn3C)CC2)[C@@H]1C. The molecule has 20 nitrogen and oxygen atoms in total. The standard InChI is InChI=1S/C56H76N8O12/c1-30(2)28-62-19-16-56(17-20-62)59-44-41-42-49(69)36(8)52-43(41)53(71)55(9,76-52)74-26-15-37(73-11)33(5)51(75-40(66)27-39(65)64-24-22-63(23-25-64)29-38-57-18-21-61(38)10)35(7)48(68)34(6)47(67)31(3)13-12-14-32(4)54(72)58-46(50(42)70)45(44)60-56/h12-15,18,21,26,30-31,33-35,37,47-48,51,67-70H,16-17,19-20,22-25,27-29H2,1-11H3,(H,58,72)/b13-12+,26-15+,32-14-/t31-,33+,34+,35+,37-,47-,48+,51+,55-/m0/s1. The summed E-state index contributed by atoms with van der Waals surface area (Å²) in [7, 11) is 3.38. The van der Waals surface area contributed by atoms with Gasteiger partial charge in [0, 0.05) is 132 Å². The monoisotopic (exact) mass is 1050 g/mol. The Hall–Kier alpha value is -6.19. The first-order valence-corrected chi connectivity index (χ1v) is 26.5. The molecule has 1 spiro atoms. The molecule has 9 rings (SSSR count). The number of aliphatic hydroxyl groups excluding tert-OH is 2. The van der Waals surface area contributed by atoms with E-state index in [2.05, 4.69) is 33.9 Å². The van der Waals surface area contributed by atoms with Gasteiger partial charge in [-0.2, -0.15) is 0 Å². The molecule has 412 valence electrons. The van der Waals surface area contributed by atoms with Crippen molar-refractivity contribution in [1.29, 1.82) is 0 Å². The summed E-state index contributed by atoms with van der Waals surface area (Å²) in [5.41, 5.74) is -0.706. The molecule has 2 amide bonds. The van der Waals surface area contributed by atoms with E-state index < -0.39 is 101 Å². The molecule has 20 heteroatoms. The Morgan fingerprint density at radius 3 is 2.22 bits per heavy atom. The molecule has 0 radical (unpaired) electrons. The average Bonchev–Trinajstić information content (AvgIpc) is 4.06. The highest BCUT2D eigenvalue weighted by Crippen LogP contribution is 2.50. The number of amides is 2. The predicted molar refractivity (Wildman–Crippen MR) is 282 cm³/mol. The number of allylic oxidation sites excluding steroid dienone is 2. The maximum atomic E-state index is 15.0. The van der Waals surface area contributed by atoms with Crippen LogP contribution in [-0.2, 0) is 42.2 Å². The minimum Gasteiger partial charge on any atom is -0.507 e. The number of aryl methyl sites for hydroxylation is 1. The maximum Gasteiger partial charge on any atom is 0.315 e. The lowest BCUT2D eigenvalue weighted by atomic mass is 9.78. The molecule has 3 aromatic rings. The summed E-state index contributed by atoms with van der Waals surface area (Å²) in [6, 6.07) is 0. The van der Waals surface area contributed by atoms with Gasteiger partial charge in [-0.1, -0.05) is 59.8 Å². The van der Waals surface area contributed by atoms with Crippen LogP contribution in [-0.4, -0.2) is 157 Å². The Balaban J connectivity index is 1.14. The number of hydrogen-bond donors (Lipinski definition) is 5. The first kappa shape index (κ1) is 56.0. The third-order valence-corrected chi connectivity index (χ3v) is 16.2. The molecule has 0 aliphatic carbocycles. The fourth-order valence-electron chi connectivity index (χ4n) is 11.3. The molecular weight excluding hydrogens is 977 g/mol. The van der Waals surface area contributed by atoms with Crippen LogP contribution in [0.4, 0.5) is 5.69 Å². The molecule has 0 saturated carbocycles. The Kier molecular flexibility index (Phi) is 16.5. The minimum atomic E-state index is -2.03. The molecule has 2 fully saturated rings. The number of esters is 1. The highest BCUT2D eigenvalue weighted by atomic mass is 16.7. The fraction of sp³-hybridized carbons (Fsp3) is 0.589. The molecular formula is C56H76N8O12. The molecule has 2 aromatic carbocycles. The number of rotatable bonds is 8. The van der Waals surface area contributed by atoms with Crippen molar-refractivity contribution in [2.75, 3.05) is 58.2 Å². The summed E-state index contributed by atoms with van der Waals surface area (Å²) in [6.07, 6.45) is 7.42. The number of ketones is 1. The van der Waals surface area contributed by atoms with Crippen molar-refractivity contribution in [3.05, 3.63) is 76.2 Å². The van der Waals surface area contributed by atoms with Gasteiger partial charge in [-0.25, -0.2) is 4.98 Å². The second kappa shape index (κ2) is 22.4. The van der Waals surface area contributed by atoms with Gasteiger partial charge in [-0.3, -0.25) is 34.1 Å². The van der Waals surface area contributed by atoms with Crippen molar-refractivity contribution in [3.8, 4) is 17.2 Å². The predicted octanol–water partition coefficient (Wildman–Crippen LogP) is 4.20. The van der Waals surface area contributed by atoms with Crippen LogP contribution < -0.4 is 20.8 Å². The topological polar surface area (TPSA) is 250 Å². The highest BCUT2D eigenvalue weighted by Gasteiger charge is 2.50. The number of aromatic nitrogens is 2. The normalized spacial score (nSPS) is 30.0. The number of aromatic hydroxyl groups is 2. The van der Waals surface area contributed by atoms with Crippen LogP contribution in [0, 0.1) is 36.5 Å². The maximum absolute atomic E-state index is 15.0. The summed E-state index contributed by atoms with van der Waals surface area (Å²) in [5, 5.41) is 51.1. The Morgan fingerprint density at radius 2 is 1.58 bits per heavy atom. The van der Waals surface area contributed by atoms with E-state index in [0.717, 1.165) is 12.4 Å². The Bertz CT molecular complexity index is 2950. The number of hydrogen-bond acceptors (Lipinski definition) is 17. The highest BCUT2D eigenvalue weighted by molar-refractivity contribution is 6.19. The van der Waals surface area contributed by atoms with Crippen LogP contribution >= 0.6 is 0 Å². The number of carbonyl (C=O) groups excluding carboxylic acids is 4. The van der Waals surface area contributed by atoms with Gasteiger partial charge in [-0.05, 0) is 25.8 Å². The summed E-state index contributed by atoms with van der Waals surface area (Å²) in [6.45, 7) is 20.7. The van der Waals surface area contributed by atoms with E-state index >= 15 is 0 Å². The van der Waals surface area contributed by atoms with Gasteiger partial charge in [0.1, 0.15) is 40.9 Å². The lowest BCUT2D eigenvalue weighted by Crippen LogP contribution is -2.49. The number of nitrogens with zero attached hydrogens (tertiary/aromatic N) is 7. The van der Waals surface area contributed by atoms with Crippen LogP contribution in [0.5, 0.6) is 17.2 Å². The number of nitrogens with one attached hydrogen (secondary N) is 1. The first-order chi connectivity index (χ1) is 36.0. The second-order valence-corrected chi connectivity index (χ2v) is 22.1. The number of phenols is 2. The second-order valence-electron chi connectivity index (χ2n) is 22.1. The van der Waals surface area contributed by atoms with Crippen molar-refractivity contribution < 1.29 is 58.6 Å². The van der Waals surface area contributed by atoms with Crippen LogP contribution in [0.2, 0.25) is 0 Å². The third-order valence-electron chi connectivity index (χ3n) is 16.2. The number of piperazine rings is 1. The van der Waals surface area contributed by atoms with Gasteiger partial charge in [0.25, 0.3) is 11.7 Å². The van der Waals surface area contributed by atoms with Crippen LogP contribution in [0.15, 0.2) is 58.5 Å². The molecule has 5 N–H and O–H groups in total. The zero-order chi connectivity index (χ0) is 55.1. The number of fused-ring (bicyclic) bond motifs is 13. The van der Waals surface area contributed by atoms with E-state index in [4.69, 9.17) is 28.9 Å². The van der Waals surface area contributed by atoms with Gasteiger partial charge in [0.05, 0.1) is 47.4 Å². The van der Waals surface area contributed by atoms with Crippen molar-refractivity contribution in [2.24, 2.45) is 46.6 Å². The summed E-state index contributed by atoms with van der Waals surface area (Å²) < 4.78 is 26.7. The van der Waals surface area contributed by atoms with Gasteiger partial charge in [0.15, 0.2) is 11.4 Å². The largest absolute Gasteiger partial charge is 0.507 e. The van der Waals surface area contributed by atoms with Gasteiger partial charge >= 0.3 is 11.8 Å². The fourth-order valence-corrected chi connectivity index (χ4v) is 11.3. The van der Waals surface area contributed by atoms with Crippen LogP contribution in [0.3, 0.4) is 0 Å². The van der Waals surface area contributed by atoms with Crippen molar-refractivity contribution >= 4 is 40.0 Å². The molecule has 9 atom stereocenters. The summed E-state index contributed by atoms with van der Waals surface area (Å²) in [5.74, 6) is -6.89. The molecule has 0 unspecified atom stereocenters. The molecule has 2 saturated heterocycles.